The first-order valence-corrected chi connectivity index (χ1v) is 8.59. The molecule has 1 heterocycles. The highest BCUT2D eigenvalue weighted by molar-refractivity contribution is 5.92. The van der Waals surface area contributed by atoms with Gasteiger partial charge in [-0.1, -0.05) is 25.5 Å². The Balaban J connectivity index is 1.91. The molecule has 0 aliphatic heterocycles. The third kappa shape index (κ3) is 5.74. The van der Waals surface area contributed by atoms with Gasteiger partial charge in [0.25, 0.3) is 5.91 Å². The summed E-state index contributed by atoms with van der Waals surface area (Å²) in [5, 5.41) is 3.17. The molecule has 0 bridgehead atoms. The molecule has 2 rings (SSSR count). The second-order valence-corrected chi connectivity index (χ2v) is 5.87. The molecule has 2 aromatic rings. The summed E-state index contributed by atoms with van der Waals surface area (Å²) >= 11 is 0. The van der Waals surface area contributed by atoms with Crippen molar-refractivity contribution < 1.29 is 9.53 Å². The topological polar surface area (TPSA) is 67.4 Å². The molecular formula is C19H26N4O2. The Morgan fingerprint density at radius 3 is 2.92 bits per heavy atom. The maximum absolute atomic E-state index is 12.4. The van der Waals surface area contributed by atoms with Crippen LogP contribution in [-0.2, 0) is 6.42 Å². The molecule has 134 valence electrons. The van der Waals surface area contributed by atoms with E-state index in [-0.39, 0.29) is 5.91 Å². The quantitative estimate of drug-likeness (QED) is 0.759. The molecule has 0 fully saturated rings. The van der Waals surface area contributed by atoms with E-state index in [2.05, 4.69) is 22.2 Å². The van der Waals surface area contributed by atoms with E-state index in [9.17, 15) is 4.79 Å². The van der Waals surface area contributed by atoms with Gasteiger partial charge in [0.1, 0.15) is 11.4 Å². The van der Waals surface area contributed by atoms with E-state index in [1.165, 1.54) is 5.56 Å². The number of unbranched alkanes of at least 4 members (excludes halogenated alkanes) is 1. The number of rotatable bonds is 9. The Kier molecular flexibility index (Phi) is 7.19. The number of aromatic nitrogens is 2. The van der Waals surface area contributed by atoms with Crippen molar-refractivity contribution in [1.82, 2.24) is 14.9 Å². The van der Waals surface area contributed by atoms with Crippen molar-refractivity contribution in [2.45, 2.75) is 26.2 Å². The molecular weight excluding hydrogens is 316 g/mol. The number of methoxy groups -OCH3 is 1. The van der Waals surface area contributed by atoms with Gasteiger partial charge in [0.15, 0.2) is 0 Å². The largest absolute Gasteiger partial charge is 0.497 e. The minimum atomic E-state index is -0.0771. The van der Waals surface area contributed by atoms with Crippen LogP contribution in [0.3, 0.4) is 0 Å². The summed E-state index contributed by atoms with van der Waals surface area (Å²) < 4.78 is 5.22. The number of amides is 1. The van der Waals surface area contributed by atoms with Crippen LogP contribution in [0, 0.1) is 0 Å². The molecule has 1 N–H and O–H groups in total. The van der Waals surface area contributed by atoms with Crippen LogP contribution >= 0.6 is 0 Å². The zero-order valence-corrected chi connectivity index (χ0v) is 15.2. The number of nitrogens with zero attached hydrogens (tertiary/aromatic N) is 3. The zero-order valence-electron chi connectivity index (χ0n) is 15.2. The van der Waals surface area contributed by atoms with Gasteiger partial charge in [0, 0.05) is 26.3 Å². The Labute approximate surface area is 149 Å². The van der Waals surface area contributed by atoms with E-state index in [4.69, 9.17) is 4.74 Å². The molecule has 1 aromatic heterocycles. The predicted molar refractivity (Wildman–Crippen MR) is 99.1 cm³/mol. The molecule has 0 saturated carbocycles. The number of ether oxygens (including phenoxy) is 1. The Bertz CT molecular complexity index is 691. The summed E-state index contributed by atoms with van der Waals surface area (Å²) in [5.74, 6) is 1.24. The summed E-state index contributed by atoms with van der Waals surface area (Å²) in [5.41, 5.74) is 1.58. The molecule has 0 aliphatic rings. The number of hydrogen-bond donors (Lipinski definition) is 1. The fourth-order valence-corrected chi connectivity index (χ4v) is 2.40. The van der Waals surface area contributed by atoms with Crippen LogP contribution in [0.25, 0.3) is 0 Å². The van der Waals surface area contributed by atoms with Crippen molar-refractivity contribution in [2.24, 2.45) is 0 Å². The molecule has 0 atom stereocenters. The minimum absolute atomic E-state index is 0.0771. The maximum Gasteiger partial charge on any atom is 0.272 e. The van der Waals surface area contributed by atoms with Gasteiger partial charge in [0.05, 0.1) is 7.11 Å². The highest BCUT2D eigenvalue weighted by Crippen LogP contribution is 2.13. The van der Waals surface area contributed by atoms with E-state index in [1.807, 2.05) is 24.3 Å². The molecule has 6 nitrogen and oxygen atoms in total. The lowest BCUT2D eigenvalue weighted by atomic mass is 10.1. The van der Waals surface area contributed by atoms with Crippen LogP contribution < -0.4 is 10.1 Å². The van der Waals surface area contributed by atoms with E-state index in [1.54, 1.807) is 31.3 Å². The molecule has 0 saturated heterocycles. The maximum atomic E-state index is 12.4. The first-order chi connectivity index (χ1) is 12.1. The van der Waals surface area contributed by atoms with Crippen molar-refractivity contribution in [2.75, 3.05) is 32.6 Å². The summed E-state index contributed by atoms with van der Waals surface area (Å²) in [6, 6.07) is 9.59. The Hall–Kier alpha value is -2.63. The monoisotopic (exact) mass is 342 g/mol. The van der Waals surface area contributed by atoms with Crippen LogP contribution in [-0.4, -0.2) is 48.0 Å². The third-order valence-corrected chi connectivity index (χ3v) is 3.90. The van der Waals surface area contributed by atoms with E-state index < -0.39 is 0 Å². The highest BCUT2D eigenvalue weighted by atomic mass is 16.5. The van der Waals surface area contributed by atoms with Crippen LogP contribution in [0.15, 0.2) is 36.5 Å². The number of nitrogens with one attached hydrogen (secondary N) is 1. The molecule has 0 aliphatic carbocycles. The molecule has 1 amide bonds. The van der Waals surface area contributed by atoms with Crippen molar-refractivity contribution in [3.05, 3.63) is 47.8 Å². The average molecular weight is 342 g/mol. The number of anilines is 1. The summed E-state index contributed by atoms with van der Waals surface area (Å²) in [4.78, 5) is 22.6. The van der Waals surface area contributed by atoms with E-state index in [0.717, 1.165) is 31.6 Å². The third-order valence-electron chi connectivity index (χ3n) is 3.90. The van der Waals surface area contributed by atoms with Crippen LogP contribution in [0.1, 0.15) is 35.8 Å². The Morgan fingerprint density at radius 2 is 2.16 bits per heavy atom. The van der Waals surface area contributed by atoms with Gasteiger partial charge in [-0.05, 0) is 36.6 Å². The lowest BCUT2D eigenvalue weighted by Gasteiger charge is -2.16. The van der Waals surface area contributed by atoms with Crippen molar-refractivity contribution in [3.8, 4) is 5.75 Å². The zero-order chi connectivity index (χ0) is 18.1. The lowest BCUT2D eigenvalue weighted by molar-refractivity contribution is 0.0787. The van der Waals surface area contributed by atoms with Gasteiger partial charge in [-0.2, -0.15) is 0 Å². The van der Waals surface area contributed by atoms with Gasteiger partial charge >= 0.3 is 0 Å². The molecule has 0 radical (unpaired) electrons. The minimum Gasteiger partial charge on any atom is -0.497 e. The summed E-state index contributed by atoms with van der Waals surface area (Å²) in [6.07, 6.45) is 4.47. The molecule has 0 spiro atoms. The fourth-order valence-electron chi connectivity index (χ4n) is 2.40. The van der Waals surface area contributed by atoms with Crippen molar-refractivity contribution in [1.29, 1.82) is 0 Å². The normalized spacial score (nSPS) is 10.4. The van der Waals surface area contributed by atoms with Crippen molar-refractivity contribution in [3.63, 3.8) is 0 Å². The standard InChI is InChI=1S/C19H26N4O2/c1-4-5-13-23(2)18(24)17-10-12-21-19(22-17)20-11-9-15-7-6-8-16(14-15)25-3/h6-8,10,12,14H,4-5,9,11,13H2,1-3H3,(H,20,21,22). The van der Waals surface area contributed by atoms with Crippen LogP contribution in [0.4, 0.5) is 5.95 Å². The average Bonchev–Trinajstić information content (AvgIpc) is 2.66. The number of benzene rings is 1. The molecule has 6 heteroatoms. The first-order valence-electron chi connectivity index (χ1n) is 8.59. The van der Waals surface area contributed by atoms with Crippen molar-refractivity contribution >= 4 is 11.9 Å². The highest BCUT2D eigenvalue weighted by Gasteiger charge is 2.13. The van der Waals surface area contributed by atoms with Crippen LogP contribution in [0.2, 0.25) is 0 Å². The van der Waals surface area contributed by atoms with Gasteiger partial charge < -0.3 is 15.0 Å². The fraction of sp³-hybridized carbons (Fsp3) is 0.421. The molecule has 1 aromatic carbocycles. The van der Waals surface area contributed by atoms with Gasteiger partial charge in [-0.25, -0.2) is 9.97 Å². The SMILES string of the molecule is CCCCN(C)C(=O)c1ccnc(NCCc2cccc(OC)c2)n1. The van der Waals surface area contributed by atoms with Gasteiger partial charge in [-0.3, -0.25) is 4.79 Å². The molecule has 0 unspecified atom stereocenters. The second-order valence-electron chi connectivity index (χ2n) is 5.87. The first kappa shape index (κ1) is 18.7. The van der Waals surface area contributed by atoms with Crippen LogP contribution in [0.5, 0.6) is 5.75 Å². The lowest BCUT2D eigenvalue weighted by Crippen LogP contribution is -2.28. The summed E-state index contributed by atoms with van der Waals surface area (Å²) in [6.45, 7) is 3.52. The predicted octanol–water partition coefficient (Wildman–Crippen LogP) is 3.01. The summed E-state index contributed by atoms with van der Waals surface area (Å²) in [7, 11) is 3.46. The smallest absolute Gasteiger partial charge is 0.272 e. The van der Waals surface area contributed by atoms with Gasteiger partial charge in [-0.15, -0.1) is 0 Å². The van der Waals surface area contributed by atoms with E-state index >= 15 is 0 Å². The Morgan fingerprint density at radius 1 is 1.32 bits per heavy atom. The second kappa shape index (κ2) is 9.61. The van der Waals surface area contributed by atoms with Gasteiger partial charge in [0.2, 0.25) is 5.95 Å². The van der Waals surface area contributed by atoms with E-state index in [0.29, 0.717) is 18.2 Å². The number of carbonyl (C=O) groups excluding carboxylic acids is 1. The number of carbonyl (C=O) groups is 1. The molecule has 25 heavy (non-hydrogen) atoms. The number of hydrogen-bond acceptors (Lipinski definition) is 5.